The molecule has 1 atom stereocenters. The van der Waals surface area contributed by atoms with Gasteiger partial charge in [-0.05, 0) is 24.9 Å². The predicted molar refractivity (Wildman–Crippen MR) is 62.1 cm³/mol. The van der Waals surface area contributed by atoms with Crippen LogP contribution in [0.4, 0.5) is 0 Å². The van der Waals surface area contributed by atoms with Crippen LogP contribution in [0.1, 0.15) is 26.2 Å². The first-order chi connectivity index (χ1) is 7.04. The second-order valence-electron chi connectivity index (χ2n) is 3.39. The van der Waals surface area contributed by atoms with Gasteiger partial charge < -0.3 is 10.0 Å². The van der Waals surface area contributed by atoms with Crippen LogP contribution in [-0.2, 0) is 9.59 Å². The summed E-state index contributed by atoms with van der Waals surface area (Å²) >= 11 is 1.59. The number of carbonyl (C=O) groups is 2. The summed E-state index contributed by atoms with van der Waals surface area (Å²) in [6, 6.07) is -0.684. The number of carboxylic acids is 1. The Morgan fingerprint density at radius 3 is 2.47 bits per heavy atom. The number of rotatable bonds is 7. The van der Waals surface area contributed by atoms with Crippen LogP contribution in [0.2, 0.25) is 0 Å². The van der Waals surface area contributed by atoms with E-state index in [-0.39, 0.29) is 5.91 Å². The minimum atomic E-state index is -0.920. The highest BCUT2D eigenvalue weighted by molar-refractivity contribution is 7.98. The Morgan fingerprint density at radius 2 is 2.07 bits per heavy atom. The Balaban J connectivity index is 4.33. The van der Waals surface area contributed by atoms with E-state index in [1.807, 2.05) is 13.2 Å². The molecule has 15 heavy (non-hydrogen) atoms. The Hall–Kier alpha value is -0.710. The van der Waals surface area contributed by atoms with Gasteiger partial charge in [0.15, 0.2) is 0 Å². The van der Waals surface area contributed by atoms with Crippen LogP contribution in [0, 0.1) is 0 Å². The first-order valence-electron chi connectivity index (χ1n) is 5.02. The molecule has 0 aromatic carbocycles. The van der Waals surface area contributed by atoms with Crippen molar-refractivity contribution in [2.45, 2.75) is 32.2 Å². The topological polar surface area (TPSA) is 57.6 Å². The molecule has 5 heteroatoms. The standard InChI is InChI=1S/C10H19NO3S/c1-4-5-9(12)11(2)8(10(13)14)6-7-15-3/h8H,4-7H2,1-3H3,(H,13,14)/t8-/m0/s1. The molecule has 0 bridgehead atoms. The molecule has 0 aliphatic rings. The van der Waals surface area contributed by atoms with Crippen LogP contribution < -0.4 is 0 Å². The van der Waals surface area contributed by atoms with E-state index >= 15 is 0 Å². The molecular weight excluding hydrogens is 214 g/mol. The molecule has 0 spiro atoms. The van der Waals surface area contributed by atoms with Gasteiger partial charge in [-0.1, -0.05) is 6.92 Å². The summed E-state index contributed by atoms with van der Waals surface area (Å²) in [5.41, 5.74) is 0. The van der Waals surface area contributed by atoms with Crippen molar-refractivity contribution in [3.8, 4) is 0 Å². The lowest BCUT2D eigenvalue weighted by Gasteiger charge is -2.24. The second kappa shape index (κ2) is 7.56. The number of carboxylic acid groups (broad SMARTS) is 1. The van der Waals surface area contributed by atoms with Gasteiger partial charge in [0.05, 0.1) is 0 Å². The van der Waals surface area contributed by atoms with Crippen LogP contribution in [0.25, 0.3) is 0 Å². The van der Waals surface area contributed by atoms with E-state index in [0.29, 0.717) is 12.8 Å². The number of thioether (sulfide) groups is 1. The summed E-state index contributed by atoms with van der Waals surface area (Å²) < 4.78 is 0. The number of hydrogen-bond donors (Lipinski definition) is 1. The molecule has 88 valence electrons. The van der Waals surface area contributed by atoms with Gasteiger partial charge in [0.2, 0.25) is 5.91 Å². The lowest BCUT2D eigenvalue weighted by molar-refractivity contribution is -0.149. The smallest absolute Gasteiger partial charge is 0.326 e. The largest absolute Gasteiger partial charge is 0.480 e. The molecule has 0 aliphatic carbocycles. The summed E-state index contributed by atoms with van der Waals surface area (Å²) in [4.78, 5) is 23.8. The van der Waals surface area contributed by atoms with E-state index in [2.05, 4.69) is 0 Å². The molecule has 0 saturated heterocycles. The van der Waals surface area contributed by atoms with E-state index in [1.54, 1.807) is 18.8 Å². The van der Waals surface area contributed by atoms with Gasteiger partial charge in [-0.25, -0.2) is 4.79 Å². The van der Waals surface area contributed by atoms with Crippen LogP contribution in [-0.4, -0.2) is 47.0 Å². The highest BCUT2D eigenvalue weighted by Crippen LogP contribution is 2.09. The van der Waals surface area contributed by atoms with E-state index in [0.717, 1.165) is 12.2 Å². The highest BCUT2D eigenvalue weighted by atomic mass is 32.2. The van der Waals surface area contributed by atoms with Gasteiger partial charge in [-0.2, -0.15) is 11.8 Å². The van der Waals surface area contributed by atoms with Crippen LogP contribution >= 0.6 is 11.8 Å². The normalized spacial score (nSPS) is 12.2. The monoisotopic (exact) mass is 233 g/mol. The maximum absolute atomic E-state index is 11.5. The molecule has 0 rings (SSSR count). The average molecular weight is 233 g/mol. The number of nitrogens with zero attached hydrogens (tertiary/aromatic N) is 1. The molecule has 0 saturated carbocycles. The Kier molecular flexibility index (Phi) is 7.21. The number of likely N-dealkylation sites (N-methyl/N-ethyl adjacent to an activating group) is 1. The number of carbonyl (C=O) groups excluding carboxylic acids is 1. The molecular formula is C10H19NO3S. The molecule has 0 heterocycles. The molecule has 0 aromatic heterocycles. The first kappa shape index (κ1) is 14.3. The fraction of sp³-hybridized carbons (Fsp3) is 0.800. The fourth-order valence-electron chi connectivity index (χ4n) is 1.28. The second-order valence-corrected chi connectivity index (χ2v) is 4.38. The summed E-state index contributed by atoms with van der Waals surface area (Å²) in [6.45, 7) is 1.91. The third kappa shape index (κ3) is 5.06. The van der Waals surface area contributed by atoms with Crippen molar-refractivity contribution >= 4 is 23.6 Å². The third-order valence-corrected chi connectivity index (χ3v) is 2.85. The Labute approximate surface area is 95.0 Å². The van der Waals surface area contributed by atoms with Gasteiger partial charge >= 0.3 is 5.97 Å². The van der Waals surface area contributed by atoms with Crippen LogP contribution in [0.5, 0.6) is 0 Å². The van der Waals surface area contributed by atoms with E-state index in [4.69, 9.17) is 5.11 Å². The zero-order valence-corrected chi connectivity index (χ0v) is 10.3. The minimum absolute atomic E-state index is 0.0917. The lowest BCUT2D eigenvalue weighted by atomic mass is 10.2. The molecule has 0 aromatic rings. The third-order valence-electron chi connectivity index (χ3n) is 2.21. The summed E-state index contributed by atoms with van der Waals surface area (Å²) in [5.74, 6) is -0.261. The number of hydrogen-bond acceptors (Lipinski definition) is 3. The molecule has 0 aliphatic heterocycles. The quantitative estimate of drug-likeness (QED) is 0.723. The Bertz CT molecular complexity index is 221. The molecule has 1 N–H and O–H groups in total. The van der Waals surface area contributed by atoms with E-state index in [9.17, 15) is 9.59 Å². The first-order valence-corrected chi connectivity index (χ1v) is 6.41. The zero-order valence-electron chi connectivity index (χ0n) is 9.52. The molecule has 0 radical (unpaired) electrons. The fourth-order valence-corrected chi connectivity index (χ4v) is 1.74. The van der Waals surface area contributed by atoms with E-state index in [1.165, 1.54) is 4.90 Å². The SMILES string of the molecule is CCCC(=O)N(C)[C@@H](CCSC)C(=O)O. The molecule has 1 amide bonds. The van der Waals surface area contributed by atoms with Crippen LogP contribution in [0.15, 0.2) is 0 Å². The summed E-state index contributed by atoms with van der Waals surface area (Å²) in [7, 11) is 1.57. The Morgan fingerprint density at radius 1 is 1.47 bits per heavy atom. The molecule has 4 nitrogen and oxygen atoms in total. The zero-order chi connectivity index (χ0) is 11.8. The van der Waals surface area contributed by atoms with Crippen molar-refractivity contribution in [1.82, 2.24) is 4.90 Å². The van der Waals surface area contributed by atoms with Crippen molar-refractivity contribution in [3.63, 3.8) is 0 Å². The van der Waals surface area contributed by atoms with Crippen molar-refractivity contribution in [1.29, 1.82) is 0 Å². The maximum Gasteiger partial charge on any atom is 0.326 e. The van der Waals surface area contributed by atoms with Gasteiger partial charge in [-0.3, -0.25) is 4.79 Å². The number of aliphatic carboxylic acids is 1. The summed E-state index contributed by atoms with van der Waals surface area (Å²) in [5, 5.41) is 8.98. The average Bonchev–Trinajstić information content (AvgIpc) is 2.18. The highest BCUT2D eigenvalue weighted by Gasteiger charge is 2.25. The van der Waals surface area contributed by atoms with Crippen LogP contribution in [0.3, 0.4) is 0 Å². The summed E-state index contributed by atoms with van der Waals surface area (Å²) in [6.07, 6.45) is 3.59. The van der Waals surface area contributed by atoms with E-state index < -0.39 is 12.0 Å². The molecule has 0 fully saturated rings. The molecule has 0 unspecified atom stereocenters. The van der Waals surface area contributed by atoms with Crippen molar-refractivity contribution in [2.24, 2.45) is 0 Å². The van der Waals surface area contributed by atoms with Crippen molar-refractivity contribution in [2.75, 3.05) is 19.1 Å². The van der Waals surface area contributed by atoms with Gasteiger partial charge in [-0.15, -0.1) is 0 Å². The number of amides is 1. The van der Waals surface area contributed by atoms with Crippen molar-refractivity contribution < 1.29 is 14.7 Å². The minimum Gasteiger partial charge on any atom is -0.480 e. The van der Waals surface area contributed by atoms with Gasteiger partial charge in [0.1, 0.15) is 6.04 Å². The lowest BCUT2D eigenvalue weighted by Crippen LogP contribution is -2.42. The van der Waals surface area contributed by atoms with Gasteiger partial charge in [0.25, 0.3) is 0 Å². The predicted octanol–water partition coefficient (Wildman–Crippen LogP) is 1.45. The maximum atomic E-state index is 11.5. The van der Waals surface area contributed by atoms with Gasteiger partial charge in [0, 0.05) is 13.5 Å². The van der Waals surface area contributed by atoms with Crippen molar-refractivity contribution in [3.05, 3.63) is 0 Å².